The maximum Gasteiger partial charge on any atom is 0.226 e. The highest BCUT2D eigenvalue weighted by Gasteiger charge is 2.24. The third kappa shape index (κ3) is 5.05. The summed E-state index contributed by atoms with van der Waals surface area (Å²) in [6, 6.07) is 0.477. The predicted octanol–water partition coefficient (Wildman–Crippen LogP) is 0.775. The van der Waals surface area contributed by atoms with E-state index in [1.54, 1.807) is 0 Å². The number of hydrogen-bond donors (Lipinski definition) is 1. The molecule has 0 saturated carbocycles. The number of aromatic nitrogens is 2. The van der Waals surface area contributed by atoms with Gasteiger partial charge < -0.3 is 20.1 Å². The molecular formula is C15H29N5O. The highest BCUT2D eigenvalue weighted by molar-refractivity contribution is 4.93. The van der Waals surface area contributed by atoms with Crippen molar-refractivity contribution in [1.29, 1.82) is 0 Å². The van der Waals surface area contributed by atoms with Crippen LogP contribution in [0.5, 0.6) is 0 Å². The van der Waals surface area contributed by atoms with Gasteiger partial charge in [-0.2, -0.15) is 4.98 Å². The number of nitrogens with two attached hydrogens (primary N) is 1. The van der Waals surface area contributed by atoms with E-state index < -0.39 is 0 Å². The topological polar surface area (TPSA) is 71.4 Å². The van der Waals surface area contributed by atoms with Gasteiger partial charge >= 0.3 is 0 Å². The standard InChI is InChI=1S/C15H29N5O/c1-12(6-7-16)4-5-15-17-14(18-21-15)10-13-11-19(2)8-9-20(13)3/h12-13H,4-11,16H2,1-3H3. The van der Waals surface area contributed by atoms with Crippen molar-refractivity contribution in [3.05, 3.63) is 11.7 Å². The van der Waals surface area contributed by atoms with Crippen molar-refractivity contribution in [2.75, 3.05) is 40.3 Å². The molecule has 0 bridgehead atoms. The number of likely N-dealkylation sites (N-methyl/N-ethyl adjacent to an activating group) is 2. The Morgan fingerprint density at radius 2 is 2.14 bits per heavy atom. The molecule has 0 aliphatic carbocycles. The van der Waals surface area contributed by atoms with Crippen molar-refractivity contribution in [2.45, 2.75) is 38.6 Å². The summed E-state index contributed by atoms with van der Waals surface area (Å²) in [4.78, 5) is 9.29. The van der Waals surface area contributed by atoms with Crippen LogP contribution in [0.1, 0.15) is 31.5 Å². The van der Waals surface area contributed by atoms with Crippen LogP contribution in [0, 0.1) is 5.92 Å². The second-order valence-corrected chi connectivity index (χ2v) is 6.43. The molecule has 2 rings (SSSR count). The van der Waals surface area contributed by atoms with Crippen molar-refractivity contribution in [1.82, 2.24) is 19.9 Å². The predicted molar refractivity (Wildman–Crippen MR) is 83.1 cm³/mol. The van der Waals surface area contributed by atoms with Gasteiger partial charge in [-0.1, -0.05) is 12.1 Å². The third-order valence-electron chi connectivity index (χ3n) is 4.42. The lowest BCUT2D eigenvalue weighted by atomic mass is 10.0. The fourth-order valence-corrected chi connectivity index (χ4v) is 2.81. The lowest BCUT2D eigenvalue weighted by Gasteiger charge is -2.37. The molecule has 120 valence electrons. The summed E-state index contributed by atoms with van der Waals surface area (Å²) in [6.45, 7) is 6.26. The van der Waals surface area contributed by atoms with Crippen LogP contribution in [-0.4, -0.2) is 66.3 Å². The molecule has 0 amide bonds. The smallest absolute Gasteiger partial charge is 0.226 e. The fraction of sp³-hybridized carbons (Fsp3) is 0.867. The van der Waals surface area contributed by atoms with Crippen LogP contribution in [0.25, 0.3) is 0 Å². The molecule has 6 heteroatoms. The number of rotatable bonds is 7. The zero-order valence-electron chi connectivity index (χ0n) is 13.6. The normalized spacial score (nSPS) is 22.6. The number of nitrogens with zero attached hydrogens (tertiary/aromatic N) is 4. The van der Waals surface area contributed by atoms with Gasteiger partial charge in [0.1, 0.15) is 0 Å². The Bertz CT molecular complexity index is 422. The lowest BCUT2D eigenvalue weighted by molar-refractivity contribution is 0.113. The van der Waals surface area contributed by atoms with Crippen molar-refractivity contribution < 1.29 is 4.52 Å². The molecule has 2 unspecified atom stereocenters. The minimum absolute atomic E-state index is 0.477. The van der Waals surface area contributed by atoms with Gasteiger partial charge in [-0.15, -0.1) is 0 Å². The molecule has 2 heterocycles. The van der Waals surface area contributed by atoms with Gasteiger partial charge in [-0.25, -0.2) is 0 Å². The van der Waals surface area contributed by atoms with Gasteiger partial charge in [0, 0.05) is 38.5 Å². The number of hydrogen-bond acceptors (Lipinski definition) is 6. The molecule has 0 radical (unpaired) electrons. The van der Waals surface area contributed by atoms with Crippen molar-refractivity contribution in [3.8, 4) is 0 Å². The average molecular weight is 295 g/mol. The Labute approximate surface area is 127 Å². The molecule has 0 spiro atoms. The summed E-state index contributed by atoms with van der Waals surface area (Å²) in [5, 5.41) is 4.14. The Balaban J connectivity index is 1.82. The molecule has 1 aromatic rings. The second-order valence-electron chi connectivity index (χ2n) is 6.43. The highest BCUT2D eigenvalue weighted by atomic mass is 16.5. The first-order valence-corrected chi connectivity index (χ1v) is 7.98. The van der Waals surface area contributed by atoms with Crippen molar-refractivity contribution >= 4 is 0 Å². The fourth-order valence-electron chi connectivity index (χ4n) is 2.81. The maximum absolute atomic E-state index is 5.57. The Morgan fingerprint density at radius 1 is 1.33 bits per heavy atom. The third-order valence-corrected chi connectivity index (χ3v) is 4.42. The van der Waals surface area contributed by atoms with Crippen LogP contribution in [0.4, 0.5) is 0 Å². The number of aryl methyl sites for hydroxylation is 1. The van der Waals surface area contributed by atoms with E-state index in [2.05, 4.69) is 41.0 Å². The monoisotopic (exact) mass is 295 g/mol. The molecule has 2 N–H and O–H groups in total. The molecule has 1 aromatic heterocycles. The minimum atomic E-state index is 0.477. The molecule has 1 aliphatic heterocycles. The summed E-state index contributed by atoms with van der Waals surface area (Å²) in [5.74, 6) is 2.22. The van der Waals surface area contributed by atoms with Gasteiger partial charge in [0.15, 0.2) is 5.82 Å². The minimum Gasteiger partial charge on any atom is -0.339 e. The molecule has 2 atom stereocenters. The summed E-state index contributed by atoms with van der Waals surface area (Å²) in [5.41, 5.74) is 5.57. The van der Waals surface area contributed by atoms with Crippen LogP contribution >= 0.6 is 0 Å². The first-order valence-electron chi connectivity index (χ1n) is 7.98. The molecular weight excluding hydrogens is 266 g/mol. The summed E-state index contributed by atoms with van der Waals surface area (Å²) < 4.78 is 5.37. The largest absolute Gasteiger partial charge is 0.339 e. The van der Waals surface area contributed by atoms with E-state index in [4.69, 9.17) is 10.3 Å². The van der Waals surface area contributed by atoms with Gasteiger partial charge in [-0.3, -0.25) is 0 Å². The molecule has 1 fully saturated rings. The van der Waals surface area contributed by atoms with E-state index in [0.717, 1.165) is 63.6 Å². The van der Waals surface area contributed by atoms with Gasteiger partial charge in [0.05, 0.1) is 0 Å². The van der Waals surface area contributed by atoms with Gasteiger partial charge in [0.2, 0.25) is 5.89 Å². The summed E-state index contributed by atoms with van der Waals surface area (Å²) in [7, 11) is 4.34. The Kier molecular flexibility index (Phi) is 6.14. The quantitative estimate of drug-likeness (QED) is 0.801. The zero-order chi connectivity index (χ0) is 15.2. The molecule has 6 nitrogen and oxygen atoms in total. The summed E-state index contributed by atoms with van der Waals surface area (Å²) in [6.07, 6.45) is 3.84. The van der Waals surface area contributed by atoms with E-state index >= 15 is 0 Å². The Morgan fingerprint density at radius 3 is 2.90 bits per heavy atom. The van der Waals surface area contributed by atoms with Gasteiger partial charge in [0.25, 0.3) is 0 Å². The molecule has 1 aliphatic rings. The molecule has 21 heavy (non-hydrogen) atoms. The van der Waals surface area contributed by atoms with Crippen LogP contribution in [-0.2, 0) is 12.8 Å². The van der Waals surface area contributed by atoms with Crippen molar-refractivity contribution in [2.24, 2.45) is 11.7 Å². The highest BCUT2D eigenvalue weighted by Crippen LogP contribution is 2.13. The Hall–Kier alpha value is -0.980. The maximum atomic E-state index is 5.57. The van der Waals surface area contributed by atoms with Crippen LogP contribution in [0.3, 0.4) is 0 Å². The van der Waals surface area contributed by atoms with Crippen LogP contribution < -0.4 is 5.73 Å². The SMILES string of the molecule is CC(CCN)CCc1nc(CC2CN(C)CCN2C)no1. The van der Waals surface area contributed by atoms with E-state index in [1.165, 1.54) is 0 Å². The number of piperazine rings is 1. The zero-order valence-corrected chi connectivity index (χ0v) is 13.6. The second kappa shape index (κ2) is 7.87. The van der Waals surface area contributed by atoms with Gasteiger partial charge in [-0.05, 0) is 39.4 Å². The molecule has 1 saturated heterocycles. The van der Waals surface area contributed by atoms with Crippen LogP contribution in [0.15, 0.2) is 4.52 Å². The van der Waals surface area contributed by atoms with E-state index in [1.807, 2.05) is 0 Å². The van der Waals surface area contributed by atoms with Crippen LogP contribution in [0.2, 0.25) is 0 Å². The average Bonchev–Trinajstić information content (AvgIpc) is 2.89. The summed E-state index contributed by atoms with van der Waals surface area (Å²) >= 11 is 0. The first-order chi connectivity index (χ1) is 10.1. The first kappa shape index (κ1) is 16.4. The lowest BCUT2D eigenvalue weighted by Crippen LogP contribution is -2.50. The molecule has 0 aromatic carbocycles. The van der Waals surface area contributed by atoms with Crippen molar-refractivity contribution in [3.63, 3.8) is 0 Å². The van der Waals surface area contributed by atoms with E-state index in [0.29, 0.717) is 12.0 Å². The van der Waals surface area contributed by atoms with E-state index in [-0.39, 0.29) is 0 Å². The van der Waals surface area contributed by atoms with E-state index in [9.17, 15) is 0 Å².